The first kappa shape index (κ1) is 19.4. The topological polar surface area (TPSA) is 70.6 Å². The van der Waals surface area contributed by atoms with E-state index in [0.29, 0.717) is 0 Å². The van der Waals surface area contributed by atoms with Crippen molar-refractivity contribution in [3.8, 4) is 0 Å². The van der Waals surface area contributed by atoms with Crippen molar-refractivity contribution in [3.05, 3.63) is 66.2 Å². The highest BCUT2D eigenvalue weighted by molar-refractivity contribution is 6.01. The second-order valence-electron chi connectivity index (χ2n) is 5.98. The number of nitrogens with zero attached hydrogens (tertiary/aromatic N) is 1. The molecule has 5 nitrogen and oxygen atoms in total. The lowest BCUT2D eigenvalue weighted by molar-refractivity contribution is -0.124. The van der Waals surface area contributed by atoms with E-state index < -0.39 is 0 Å². The zero-order valence-electron chi connectivity index (χ0n) is 15.1. The average molecular weight is 351 g/mol. The third-order valence-electron chi connectivity index (χ3n) is 3.83. The Kier molecular flexibility index (Phi) is 8.06. The molecule has 2 rings (SSSR count). The second-order valence-corrected chi connectivity index (χ2v) is 5.98. The van der Waals surface area contributed by atoms with Gasteiger partial charge >= 0.3 is 0 Å². The van der Waals surface area contributed by atoms with Gasteiger partial charge in [-0.15, -0.1) is 0 Å². The number of rotatable bonds is 9. The summed E-state index contributed by atoms with van der Waals surface area (Å²) in [6, 6.07) is 19.0. The van der Waals surface area contributed by atoms with Crippen molar-refractivity contribution in [2.75, 3.05) is 5.32 Å². The maximum absolute atomic E-state index is 12.0. The first-order valence-corrected chi connectivity index (χ1v) is 8.94. The number of carbonyl (C=O) groups is 2. The smallest absolute Gasteiger partial charge is 0.240 e. The Morgan fingerprint density at radius 3 is 2.12 bits per heavy atom. The maximum Gasteiger partial charge on any atom is 0.240 e. The van der Waals surface area contributed by atoms with Crippen LogP contribution in [0.4, 0.5) is 5.69 Å². The van der Waals surface area contributed by atoms with E-state index in [4.69, 9.17) is 0 Å². The van der Waals surface area contributed by atoms with Gasteiger partial charge < -0.3 is 5.32 Å². The van der Waals surface area contributed by atoms with Gasteiger partial charge in [0, 0.05) is 18.5 Å². The van der Waals surface area contributed by atoms with Gasteiger partial charge in [-0.2, -0.15) is 5.10 Å². The number of benzene rings is 2. The summed E-state index contributed by atoms with van der Waals surface area (Å²) in [4.78, 5) is 23.9. The zero-order chi connectivity index (χ0) is 18.6. The minimum absolute atomic E-state index is 0.0953. The molecule has 0 bridgehead atoms. The summed E-state index contributed by atoms with van der Waals surface area (Å²) in [6.45, 7) is 2.12. The van der Waals surface area contributed by atoms with Crippen LogP contribution in [0.3, 0.4) is 0 Å². The van der Waals surface area contributed by atoms with Gasteiger partial charge in [0.25, 0.3) is 0 Å². The lowest BCUT2D eigenvalue weighted by Gasteiger charge is -2.07. The fraction of sp³-hybridized carbons (Fsp3) is 0.286. The molecule has 0 aliphatic heterocycles. The SMILES string of the molecule is CCCCC(=NNC(=O)CCC(=O)Nc1ccccc1)c1ccccc1. The molecule has 0 heterocycles. The number of hydrogen-bond donors (Lipinski definition) is 2. The second kappa shape index (κ2) is 10.8. The Morgan fingerprint density at radius 1 is 0.846 bits per heavy atom. The van der Waals surface area contributed by atoms with Crippen molar-refractivity contribution in [2.45, 2.75) is 39.0 Å². The predicted molar refractivity (Wildman–Crippen MR) is 105 cm³/mol. The van der Waals surface area contributed by atoms with Crippen LogP contribution in [0.25, 0.3) is 0 Å². The van der Waals surface area contributed by atoms with Crippen molar-refractivity contribution < 1.29 is 9.59 Å². The minimum atomic E-state index is -0.266. The lowest BCUT2D eigenvalue weighted by atomic mass is 10.1. The van der Waals surface area contributed by atoms with Crippen molar-refractivity contribution in [1.82, 2.24) is 5.43 Å². The molecule has 0 saturated heterocycles. The van der Waals surface area contributed by atoms with Crippen LogP contribution in [-0.4, -0.2) is 17.5 Å². The Morgan fingerprint density at radius 2 is 1.46 bits per heavy atom. The van der Waals surface area contributed by atoms with Crippen molar-refractivity contribution in [3.63, 3.8) is 0 Å². The van der Waals surface area contributed by atoms with Crippen LogP contribution < -0.4 is 10.7 Å². The van der Waals surface area contributed by atoms with Crippen molar-refractivity contribution in [1.29, 1.82) is 0 Å². The van der Waals surface area contributed by atoms with Crippen LogP contribution in [0, 0.1) is 0 Å². The molecule has 0 unspecified atom stereocenters. The summed E-state index contributed by atoms with van der Waals surface area (Å²) in [6.07, 6.45) is 3.07. The van der Waals surface area contributed by atoms with Crippen molar-refractivity contribution >= 4 is 23.2 Å². The number of anilines is 1. The molecule has 136 valence electrons. The highest BCUT2D eigenvalue weighted by atomic mass is 16.2. The van der Waals surface area contributed by atoms with E-state index in [0.717, 1.165) is 36.2 Å². The molecule has 0 radical (unpaired) electrons. The minimum Gasteiger partial charge on any atom is -0.326 e. The summed E-state index contributed by atoms with van der Waals surface area (Å²) >= 11 is 0. The van der Waals surface area contributed by atoms with Crippen LogP contribution in [0.2, 0.25) is 0 Å². The molecule has 2 aromatic carbocycles. The number of nitrogens with one attached hydrogen (secondary N) is 2. The van der Waals surface area contributed by atoms with E-state index in [1.807, 2.05) is 60.7 Å². The molecule has 0 atom stereocenters. The number of amides is 2. The van der Waals surface area contributed by atoms with Gasteiger partial charge in [-0.1, -0.05) is 61.9 Å². The fourth-order valence-corrected chi connectivity index (χ4v) is 2.40. The molecular formula is C21H25N3O2. The molecule has 2 N–H and O–H groups in total. The first-order valence-electron chi connectivity index (χ1n) is 8.94. The molecule has 2 amide bonds. The Balaban J connectivity index is 1.84. The molecule has 0 fully saturated rings. The average Bonchev–Trinajstić information content (AvgIpc) is 2.68. The van der Waals surface area contributed by atoms with Crippen LogP contribution in [-0.2, 0) is 9.59 Å². The van der Waals surface area contributed by atoms with Crippen LogP contribution >= 0.6 is 0 Å². The van der Waals surface area contributed by atoms with Crippen LogP contribution in [0.15, 0.2) is 65.8 Å². The number of carbonyl (C=O) groups excluding carboxylic acids is 2. The molecule has 0 saturated carbocycles. The molecule has 26 heavy (non-hydrogen) atoms. The summed E-state index contributed by atoms with van der Waals surface area (Å²) < 4.78 is 0. The number of hydrogen-bond acceptors (Lipinski definition) is 3. The van der Waals surface area contributed by atoms with Gasteiger partial charge in [0.1, 0.15) is 0 Å². The van der Waals surface area contributed by atoms with Gasteiger partial charge in [0.2, 0.25) is 11.8 Å². The molecule has 0 aliphatic rings. The van der Waals surface area contributed by atoms with Gasteiger partial charge in [-0.05, 0) is 30.5 Å². The van der Waals surface area contributed by atoms with Crippen LogP contribution in [0.1, 0.15) is 44.6 Å². The monoisotopic (exact) mass is 351 g/mol. The molecule has 5 heteroatoms. The van der Waals surface area contributed by atoms with E-state index in [1.54, 1.807) is 0 Å². The summed E-state index contributed by atoms with van der Waals surface area (Å²) in [5.74, 6) is -0.456. The quantitative estimate of drug-likeness (QED) is 0.527. The van der Waals surface area contributed by atoms with Gasteiger partial charge in [-0.3, -0.25) is 9.59 Å². The summed E-state index contributed by atoms with van der Waals surface area (Å²) in [7, 11) is 0. The first-order chi connectivity index (χ1) is 12.7. The number of unbranched alkanes of at least 4 members (excludes halogenated alkanes) is 1. The van der Waals surface area contributed by atoms with Gasteiger partial charge in [0.15, 0.2) is 0 Å². The number of para-hydroxylation sites is 1. The lowest BCUT2D eigenvalue weighted by Crippen LogP contribution is -2.22. The Bertz CT molecular complexity index is 727. The largest absolute Gasteiger partial charge is 0.326 e. The molecule has 0 aliphatic carbocycles. The summed E-state index contributed by atoms with van der Waals surface area (Å²) in [5.41, 5.74) is 5.16. The Labute approximate surface area is 154 Å². The molecular weight excluding hydrogens is 326 g/mol. The predicted octanol–water partition coefficient (Wildman–Crippen LogP) is 4.12. The standard InChI is InChI=1S/C21H25N3O2/c1-2-3-14-19(17-10-6-4-7-11-17)23-24-21(26)16-15-20(25)22-18-12-8-5-9-13-18/h4-13H,2-3,14-16H2,1H3,(H,22,25)(H,24,26). The Hall–Kier alpha value is -2.95. The van der Waals surface area contributed by atoms with E-state index in [-0.39, 0.29) is 24.7 Å². The summed E-state index contributed by atoms with van der Waals surface area (Å²) in [5, 5.41) is 7.04. The van der Waals surface area contributed by atoms with E-state index in [1.165, 1.54) is 0 Å². The van der Waals surface area contributed by atoms with Gasteiger partial charge in [-0.25, -0.2) is 5.43 Å². The molecule has 0 spiro atoms. The zero-order valence-corrected chi connectivity index (χ0v) is 15.1. The van der Waals surface area contributed by atoms with Crippen molar-refractivity contribution in [2.24, 2.45) is 5.10 Å². The normalized spacial score (nSPS) is 11.0. The van der Waals surface area contributed by atoms with E-state index >= 15 is 0 Å². The van der Waals surface area contributed by atoms with Crippen LogP contribution in [0.5, 0.6) is 0 Å². The highest BCUT2D eigenvalue weighted by Crippen LogP contribution is 2.08. The maximum atomic E-state index is 12.0. The van der Waals surface area contributed by atoms with E-state index in [9.17, 15) is 9.59 Å². The van der Waals surface area contributed by atoms with Gasteiger partial charge in [0.05, 0.1) is 5.71 Å². The fourth-order valence-electron chi connectivity index (χ4n) is 2.40. The molecule has 0 aromatic heterocycles. The van der Waals surface area contributed by atoms with E-state index in [2.05, 4.69) is 22.8 Å². The third-order valence-corrected chi connectivity index (χ3v) is 3.83. The third kappa shape index (κ3) is 6.89. The highest BCUT2D eigenvalue weighted by Gasteiger charge is 2.08. The number of hydrazone groups is 1. The molecule has 2 aromatic rings.